The van der Waals surface area contributed by atoms with E-state index in [1.807, 2.05) is 6.07 Å². The molecule has 0 fully saturated rings. The predicted molar refractivity (Wildman–Crippen MR) is 106 cm³/mol. The zero-order valence-electron chi connectivity index (χ0n) is 15.2. The van der Waals surface area contributed by atoms with Crippen LogP contribution in [0.25, 0.3) is 6.08 Å². The van der Waals surface area contributed by atoms with E-state index in [0.717, 1.165) is 0 Å². The van der Waals surface area contributed by atoms with Gasteiger partial charge < -0.3 is 14.6 Å². The smallest absolute Gasteiger partial charge is 0.343 e. The van der Waals surface area contributed by atoms with Gasteiger partial charge in [0.2, 0.25) is 0 Å². The molecule has 1 N–H and O–H groups in total. The summed E-state index contributed by atoms with van der Waals surface area (Å²) in [5.74, 6) is -0.252. The summed E-state index contributed by atoms with van der Waals surface area (Å²) < 4.78 is 10.5. The Balaban J connectivity index is 1.79. The fraction of sp³-hybridized carbons (Fsp3) is 0.0435. The van der Waals surface area contributed by atoms with E-state index in [4.69, 9.17) is 9.47 Å². The molecule has 0 radical (unpaired) electrons. The molecule has 5 heteroatoms. The molecule has 0 spiro atoms. The van der Waals surface area contributed by atoms with Gasteiger partial charge in [-0.25, -0.2) is 4.79 Å². The number of para-hydroxylation sites is 1. The molecule has 140 valence electrons. The summed E-state index contributed by atoms with van der Waals surface area (Å²) in [6.07, 6.45) is 2.86. The molecule has 0 bridgehead atoms. The van der Waals surface area contributed by atoms with E-state index in [-0.39, 0.29) is 17.1 Å². The predicted octanol–water partition coefficient (Wildman–Crippen LogP) is 4.52. The molecule has 0 heterocycles. The first-order valence-corrected chi connectivity index (χ1v) is 8.54. The van der Waals surface area contributed by atoms with Gasteiger partial charge in [-0.15, -0.1) is 0 Å². The molecule has 0 saturated heterocycles. The first-order valence-electron chi connectivity index (χ1n) is 8.54. The number of hydrogen-bond acceptors (Lipinski definition) is 5. The largest absolute Gasteiger partial charge is 0.507 e. The second kappa shape index (κ2) is 8.68. The van der Waals surface area contributed by atoms with Crippen molar-refractivity contribution in [2.75, 3.05) is 7.11 Å². The fourth-order valence-corrected chi connectivity index (χ4v) is 2.55. The molecule has 0 aliphatic rings. The van der Waals surface area contributed by atoms with Crippen molar-refractivity contribution in [3.8, 4) is 17.2 Å². The van der Waals surface area contributed by atoms with E-state index in [9.17, 15) is 14.7 Å². The van der Waals surface area contributed by atoms with Gasteiger partial charge in [0.15, 0.2) is 5.78 Å². The Morgan fingerprint density at radius 1 is 0.929 bits per heavy atom. The van der Waals surface area contributed by atoms with Crippen molar-refractivity contribution in [3.05, 3.63) is 95.6 Å². The molecule has 3 aromatic rings. The first kappa shape index (κ1) is 18.9. The average molecular weight is 374 g/mol. The van der Waals surface area contributed by atoms with Gasteiger partial charge in [0, 0.05) is 11.6 Å². The van der Waals surface area contributed by atoms with Gasteiger partial charge in [-0.2, -0.15) is 0 Å². The third-order valence-corrected chi connectivity index (χ3v) is 4.02. The third kappa shape index (κ3) is 4.45. The highest BCUT2D eigenvalue weighted by atomic mass is 16.5. The van der Waals surface area contributed by atoms with Crippen LogP contribution in [-0.4, -0.2) is 24.0 Å². The molecule has 3 rings (SSSR count). The number of ketones is 1. The lowest BCUT2D eigenvalue weighted by molar-refractivity contribution is 0.0734. The number of phenolic OH excluding ortho intramolecular Hbond substituents is 1. The van der Waals surface area contributed by atoms with E-state index in [2.05, 4.69) is 0 Å². The Morgan fingerprint density at radius 3 is 2.36 bits per heavy atom. The van der Waals surface area contributed by atoms with Crippen molar-refractivity contribution < 1.29 is 24.2 Å². The van der Waals surface area contributed by atoms with Crippen LogP contribution < -0.4 is 9.47 Å². The van der Waals surface area contributed by atoms with Crippen molar-refractivity contribution in [3.63, 3.8) is 0 Å². The molecule has 0 saturated carbocycles. The number of benzene rings is 3. The lowest BCUT2D eigenvalue weighted by Gasteiger charge is -2.07. The maximum atomic E-state index is 12.4. The third-order valence-electron chi connectivity index (χ3n) is 4.02. The van der Waals surface area contributed by atoms with Gasteiger partial charge in [-0.1, -0.05) is 36.4 Å². The van der Waals surface area contributed by atoms with E-state index in [1.54, 1.807) is 60.7 Å². The van der Waals surface area contributed by atoms with E-state index in [0.29, 0.717) is 22.6 Å². The number of hydrogen-bond donors (Lipinski definition) is 1. The lowest BCUT2D eigenvalue weighted by Crippen LogP contribution is -2.08. The van der Waals surface area contributed by atoms with Crippen LogP contribution in [0.3, 0.4) is 0 Å². The Hall–Kier alpha value is -3.86. The van der Waals surface area contributed by atoms with E-state index in [1.165, 1.54) is 25.3 Å². The van der Waals surface area contributed by atoms with Crippen LogP contribution in [0, 0.1) is 0 Å². The van der Waals surface area contributed by atoms with Crippen LogP contribution in [-0.2, 0) is 0 Å². The minimum atomic E-state index is -0.486. The molecule has 5 nitrogen and oxygen atoms in total. The molecule has 0 amide bonds. The molecular formula is C23H18O5. The fourth-order valence-electron chi connectivity index (χ4n) is 2.55. The van der Waals surface area contributed by atoms with Crippen LogP contribution in [0.2, 0.25) is 0 Å². The highest BCUT2D eigenvalue weighted by Gasteiger charge is 2.12. The van der Waals surface area contributed by atoms with Crippen molar-refractivity contribution in [1.29, 1.82) is 0 Å². The number of phenols is 1. The Bertz CT molecular complexity index is 1020. The van der Waals surface area contributed by atoms with Crippen LogP contribution in [0.4, 0.5) is 0 Å². The van der Waals surface area contributed by atoms with Gasteiger partial charge in [0.1, 0.15) is 17.2 Å². The Morgan fingerprint density at radius 2 is 1.64 bits per heavy atom. The van der Waals surface area contributed by atoms with Crippen LogP contribution in [0.15, 0.2) is 78.9 Å². The SMILES string of the molecule is COc1ccc(C(=O)/C=C/c2ccccc2OC(=O)c2ccccc2)c(O)c1. The molecule has 0 aliphatic heterocycles. The van der Waals surface area contributed by atoms with Crippen molar-refractivity contribution in [1.82, 2.24) is 0 Å². The number of methoxy groups -OCH3 is 1. The van der Waals surface area contributed by atoms with Gasteiger partial charge in [-0.3, -0.25) is 4.79 Å². The number of allylic oxidation sites excluding steroid dienone is 1. The normalized spacial score (nSPS) is 10.6. The number of carbonyl (C=O) groups is 2. The average Bonchev–Trinajstić information content (AvgIpc) is 2.73. The molecule has 0 atom stereocenters. The molecular weight excluding hydrogens is 356 g/mol. The minimum Gasteiger partial charge on any atom is -0.507 e. The number of esters is 1. The molecule has 0 aliphatic carbocycles. The quantitative estimate of drug-likeness (QED) is 0.297. The minimum absolute atomic E-state index is 0.149. The summed E-state index contributed by atoms with van der Waals surface area (Å²) in [6, 6.07) is 20.0. The van der Waals surface area contributed by atoms with Crippen molar-refractivity contribution in [2.45, 2.75) is 0 Å². The summed E-state index contributed by atoms with van der Waals surface area (Å²) in [6.45, 7) is 0. The van der Waals surface area contributed by atoms with Crippen LogP contribution >= 0.6 is 0 Å². The zero-order valence-corrected chi connectivity index (χ0v) is 15.2. The number of ether oxygens (including phenoxy) is 2. The number of carbonyl (C=O) groups excluding carboxylic acids is 2. The van der Waals surface area contributed by atoms with E-state index < -0.39 is 5.97 Å². The van der Waals surface area contributed by atoms with Crippen molar-refractivity contribution >= 4 is 17.8 Å². The van der Waals surface area contributed by atoms with Gasteiger partial charge in [0.05, 0.1) is 18.2 Å². The molecule has 0 unspecified atom stereocenters. The molecule has 3 aromatic carbocycles. The number of aromatic hydroxyl groups is 1. The van der Waals surface area contributed by atoms with Crippen LogP contribution in [0.5, 0.6) is 17.2 Å². The maximum absolute atomic E-state index is 12.4. The van der Waals surface area contributed by atoms with Gasteiger partial charge in [0.25, 0.3) is 0 Å². The van der Waals surface area contributed by atoms with Crippen LogP contribution in [0.1, 0.15) is 26.3 Å². The maximum Gasteiger partial charge on any atom is 0.343 e. The van der Waals surface area contributed by atoms with Gasteiger partial charge >= 0.3 is 5.97 Å². The monoisotopic (exact) mass is 374 g/mol. The summed E-state index contributed by atoms with van der Waals surface area (Å²) >= 11 is 0. The summed E-state index contributed by atoms with van der Waals surface area (Å²) in [4.78, 5) is 24.7. The standard InChI is InChI=1S/C23H18O5/c1-27-18-12-13-19(21(25)15-18)20(24)14-11-16-7-5-6-10-22(16)28-23(26)17-8-3-2-4-9-17/h2-15,25H,1H3/b14-11+. The Kier molecular flexibility index (Phi) is 5.87. The second-order valence-corrected chi connectivity index (χ2v) is 5.87. The van der Waals surface area contributed by atoms with E-state index >= 15 is 0 Å². The number of rotatable bonds is 6. The highest BCUT2D eigenvalue weighted by molar-refractivity contribution is 6.08. The topological polar surface area (TPSA) is 72.8 Å². The summed E-state index contributed by atoms with van der Waals surface area (Å²) in [5.41, 5.74) is 1.14. The highest BCUT2D eigenvalue weighted by Crippen LogP contribution is 2.25. The first-order chi connectivity index (χ1) is 13.6. The zero-order chi connectivity index (χ0) is 19.9. The van der Waals surface area contributed by atoms with Crippen molar-refractivity contribution in [2.24, 2.45) is 0 Å². The lowest BCUT2D eigenvalue weighted by atomic mass is 10.1. The van der Waals surface area contributed by atoms with Gasteiger partial charge in [-0.05, 0) is 42.5 Å². The molecule has 0 aromatic heterocycles. The second-order valence-electron chi connectivity index (χ2n) is 5.87. The summed E-state index contributed by atoms with van der Waals surface area (Å²) in [5, 5.41) is 9.99. The Labute approximate surface area is 162 Å². The summed E-state index contributed by atoms with van der Waals surface area (Å²) in [7, 11) is 1.48. The molecule has 28 heavy (non-hydrogen) atoms.